The first-order valence-electron chi connectivity index (χ1n) is 7.37. The molecule has 0 atom stereocenters. The summed E-state index contributed by atoms with van der Waals surface area (Å²) < 4.78 is 1.22. The summed E-state index contributed by atoms with van der Waals surface area (Å²) >= 11 is 3.75. The van der Waals surface area contributed by atoms with Gasteiger partial charge in [0.2, 0.25) is 0 Å². The summed E-state index contributed by atoms with van der Waals surface area (Å²) in [5.74, 6) is 0.913. The quantitative estimate of drug-likeness (QED) is 0.809. The number of nitrogens with zero attached hydrogens (tertiary/aromatic N) is 1. The Morgan fingerprint density at radius 1 is 1.37 bits per heavy atom. The monoisotopic (exact) mass is 324 g/mol. The number of hydrogen-bond donors (Lipinski definition) is 1. The van der Waals surface area contributed by atoms with E-state index in [1.165, 1.54) is 35.1 Å². The maximum atomic E-state index is 3.75. The second-order valence-corrected chi connectivity index (χ2v) is 6.61. The van der Waals surface area contributed by atoms with Crippen LogP contribution in [0.3, 0.4) is 0 Å². The fraction of sp³-hybridized carbons (Fsp3) is 0.625. The van der Waals surface area contributed by atoms with Crippen molar-refractivity contribution in [3.05, 3.63) is 28.2 Å². The molecular weight excluding hydrogens is 300 g/mol. The molecule has 1 aromatic rings. The molecule has 106 valence electrons. The SMILES string of the molecule is CCNCc1ccc(N(CC2CC2)C(C)C)c(Br)c1. The Morgan fingerprint density at radius 2 is 2.11 bits per heavy atom. The smallest absolute Gasteiger partial charge is 0.0513 e. The summed E-state index contributed by atoms with van der Waals surface area (Å²) in [6, 6.07) is 7.31. The van der Waals surface area contributed by atoms with E-state index in [0.717, 1.165) is 19.0 Å². The van der Waals surface area contributed by atoms with Gasteiger partial charge in [-0.05, 0) is 72.8 Å². The molecule has 2 nitrogen and oxygen atoms in total. The Kier molecular flexibility index (Phi) is 5.28. The largest absolute Gasteiger partial charge is 0.368 e. The van der Waals surface area contributed by atoms with Crippen LogP contribution in [0.5, 0.6) is 0 Å². The van der Waals surface area contributed by atoms with Gasteiger partial charge in [0.1, 0.15) is 0 Å². The van der Waals surface area contributed by atoms with Crippen LogP contribution in [-0.2, 0) is 6.54 Å². The number of anilines is 1. The highest BCUT2D eigenvalue weighted by atomic mass is 79.9. The molecule has 0 amide bonds. The second kappa shape index (κ2) is 6.76. The van der Waals surface area contributed by atoms with Crippen molar-refractivity contribution in [2.75, 3.05) is 18.0 Å². The third-order valence-electron chi connectivity index (χ3n) is 3.68. The van der Waals surface area contributed by atoms with Crippen LogP contribution in [0, 0.1) is 5.92 Å². The van der Waals surface area contributed by atoms with E-state index in [-0.39, 0.29) is 0 Å². The van der Waals surface area contributed by atoms with Gasteiger partial charge < -0.3 is 10.2 Å². The van der Waals surface area contributed by atoms with Crippen LogP contribution in [0.1, 0.15) is 39.2 Å². The third-order valence-corrected chi connectivity index (χ3v) is 4.31. The molecule has 1 N–H and O–H groups in total. The van der Waals surface area contributed by atoms with E-state index in [0.29, 0.717) is 6.04 Å². The molecule has 0 bridgehead atoms. The number of nitrogens with one attached hydrogen (secondary N) is 1. The average molecular weight is 325 g/mol. The molecule has 0 aromatic heterocycles. The lowest BCUT2D eigenvalue weighted by molar-refractivity contribution is 0.643. The Bertz CT molecular complexity index is 413. The second-order valence-electron chi connectivity index (χ2n) is 5.76. The summed E-state index contributed by atoms with van der Waals surface area (Å²) in [7, 11) is 0. The molecule has 0 saturated heterocycles. The van der Waals surface area contributed by atoms with Crippen molar-refractivity contribution in [1.29, 1.82) is 0 Å². The molecule has 1 fully saturated rings. The topological polar surface area (TPSA) is 15.3 Å². The van der Waals surface area contributed by atoms with E-state index < -0.39 is 0 Å². The number of hydrogen-bond acceptors (Lipinski definition) is 2. The molecular formula is C16H25BrN2. The van der Waals surface area contributed by atoms with Gasteiger partial charge in [-0.25, -0.2) is 0 Å². The summed E-state index contributed by atoms with van der Waals surface area (Å²) in [4.78, 5) is 2.53. The minimum absolute atomic E-state index is 0.552. The highest BCUT2D eigenvalue weighted by molar-refractivity contribution is 9.10. The third kappa shape index (κ3) is 4.22. The van der Waals surface area contributed by atoms with E-state index in [1.807, 2.05) is 0 Å². The maximum absolute atomic E-state index is 3.75. The summed E-state index contributed by atoms with van der Waals surface area (Å²) in [6.45, 7) is 9.85. The van der Waals surface area contributed by atoms with E-state index in [4.69, 9.17) is 0 Å². The minimum Gasteiger partial charge on any atom is -0.368 e. The fourth-order valence-electron chi connectivity index (χ4n) is 2.33. The zero-order valence-electron chi connectivity index (χ0n) is 12.2. The fourth-order valence-corrected chi connectivity index (χ4v) is 2.98. The normalized spacial score (nSPS) is 15.0. The zero-order chi connectivity index (χ0) is 13.8. The van der Waals surface area contributed by atoms with E-state index >= 15 is 0 Å². The van der Waals surface area contributed by atoms with Gasteiger partial charge in [0.15, 0.2) is 0 Å². The van der Waals surface area contributed by atoms with Crippen LogP contribution in [0.25, 0.3) is 0 Å². The molecule has 19 heavy (non-hydrogen) atoms. The predicted octanol–water partition coefficient (Wildman–Crippen LogP) is 4.18. The molecule has 0 aliphatic heterocycles. The molecule has 1 saturated carbocycles. The van der Waals surface area contributed by atoms with Crippen LogP contribution in [0.15, 0.2) is 22.7 Å². The molecule has 2 rings (SSSR count). The number of halogens is 1. The lowest BCUT2D eigenvalue weighted by atomic mass is 10.1. The van der Waals surface area contributed by atoms with Crippen molar-refractivity contribution in [2.24, 2.45) is 5.92 Å². The van der Waals surface area contributed by atoms with Gasteiger partial charge in [0, 0.05) is 23.6 Å². The molecule has 1 aliphatic rings. The Balaban J connectivity index is 2.12. The van der Waals surface area contributed by atoms with E-state index in [9.17, 15) is 0 Å². The van der Waals surface area contributed by atoms with Gasteiger partial charge in [0.05, 0.1) is 5.69 Å². The molecule has 0 spiro atoms. The molecule has 3 heteroatoms. The lowest BCUT2D eigenvalue weighted by Crippen LogP contribution is -2.33. The first-order chi connectivity index (χ1) is 9.11. The van der Waals surface area contributed by atoms with Crippen molar-refractivity contribution in [1.82, 2.24) is 5.32 Å². The van der Waals surface area contributed by atoms with Crippen molar-refractivity contribution in [2.45, 2.75) is 46.2 Å². The number of benzene rings is 1. The summed E-state index contributed by atoms with van der Waals surface area (Å²) in [6.07, 6.45) is 2.80. The predicted molar refractivity (Wildman–Crippen MR) is 86.7 cm³/mol. The highest BCUT2D eigenvalue weighted by Crippen LogP contribution is 2.35. The first kappa shape index (κ1) is 14.9. The van der Waals surface area contributed by atoms with Crippen LogP contribution in [-0.4, -0.2) is 19.1 Å². The Hall–Kier alpha value is -0.540. The minimum atomic E-state index is 0.552. The van der Waals surface area contributed by atoms with Gasteiger partial charge in [-0.2, -0.15) is 0 Å². The molecule has 1 aliphatic carbocycles. The van der Waals surface area contributed by atoms with Gasteiger partial charge in [-0.3, -0.25) is 0 Å². The van der Waals surface area contributed by atoms with E-state index in [2.05, 4.69) is 65.1 Å². The Morgan fingerprint density at radius 3 is 2.63 bits per heavy atom. The van der Waals surface area contributed by atoms with Crippen molar-refractivity contribution in [3.8, 4) is 0 Å². The van der Waals surface area contributed by atoms with Gasteiger partial charge >= 0.3 is 0 Å². The van der Waals surface area contributed by atoms with Crippen molar-refractivity contribution < 1.29 is 0 Å². The lowest BCUT2D eigenvalue weighted by Gasteiger charge is -2.30. The van der Waals surface area contributed by atoms with Crippen LogP contribution in [0.4, 0.5) is 5.69 Å². The average Bonchev–Trinajstić information content (AvgIpc) is 3.18. The van der Waals surface area contributed by atoms with Crippen molar-refractivity contribution in [3.63, 3.8) is 0 Å². The Labute approximate surface area is 125 Å². The highest BCUT2D eigenvalue weighted by Gasteiger charge is 2.26. The standard InChI is InChI=1S/C16H25BrN2/c1-4-18-10-14-7-8-16(15(17)9-14)19(12(2)3)11-13-5-6-13/h7-9,12-13,18H,4-6,10-11H2,1-3H3. The maximum Gasteiger partial charge on any atom is 0.0513 e. The first-order valence-corrected chi connectivity index (χ1v) is 8.17. The zero-order valence-corrected chi connectivity index (χ0v) is 13.8. The van der Waals surface area contributed by atoms with Gasteiger partial charge in [-0.15, -0.1) is 0 Å². The summed E-state index contributed by atoms with van der Waals surface area (Å²) in [5.41, 5.74) is 2.68. The molecule has 0 heterocycles. The molecule has 0 unspecified atom stereocenters. The number of rotatable bonds is 7. The van der Waals surface area contributed by atoms with Crippen LogP contribution < -0.4 is 10.2 Å². The van der Waals surface area contributed by atoms with E-state index in [1.54, 1.807) is 0 Å². The van der Waals surface area contributed by atoms with Crippen LogP contribution in [0.2, 0.25) is 0 Å². The van der Waals surface area contributed by atoms with Gasteiger partial charge in [-0.1, -0.05) is 13.0 Å². The van der Waals surface area contributed by atoms with Crippen LogP contribution >= 0.6 is 15.9 Å². The molecule has 1 aromatic carbocycles. The van der Waals surface area contributed by atoms with Gasteiger partial charge in [0.25, 0.3) is 0 Å². The van der Waals surface area contributed by atoms with Crippen molar-refractivity contribution >= 4 is 21.6 Å². The molecule has 0 radical (unpaired) electrons. The summed E-state index contributed by atoms with van der Waals surface area (Å²) in [5, 5.41) is 3.37.